The maximum Gasteiger partial charge on any atom is 0.408 e. The molecule has 1 aromatic carbocycles. The lowest BCUT2D eigenvalue weighted by Crippen LogP contribution is -2.48. The molecule has 0 aromatic heterocycles. The number of rotatable bonds is 7. The molecule has 1 atom stereocenters. The maximum atomic E-state index is 12.6. The van der Waals surface area contributed by atoms with E-state index < -0.39 is 17.7 Å². The monoisotopic (exact) mass is 344 g/mol. The van der Waals surface area contributed by atoms with Crippen LogP contribution in [0.5, 0.6) is 0 Å². The predicted octanol–water partition coefficient (Wildman–Crippen LogP) is 3.63. The van der Waals surface area contributed by atoms with Gasteiger partial charge < -0.3 is 15.0 Å². The van der Waals surface area contributed by atoms with Gasteiger partial charge in [0, 0.05) is 13.6 Å². The third kappa shape index (κ3) is 8.20. The average Bonchev–Trinajstić information content (AvgIpc) is 2.53. The molecule has 0 saturated carbocycles. The minimum Gasteiger partial charge on any atom is -0.444 e. The number of carbonyl (C=O) groups is 2. The number of nitrogens with zero attached hydrogens (tertiary/aromatic N) is 1. The van der Waals surface area contributed by atoms with Crippen molar-refractivity contribution in [1.82, 2.24) is 10.2 Å². The van der Waals surface area contributed by atoms with Crippen LogP contribution in [0, 0.1) is 0 Å². The van der Waals surface area contributed by atoms with Gasteiger partial charge in [-0.1, -0.05) is 48.6 Å². The Morgan fingerprint density at radius 1 is 1.28 bits per heavy atom. The molecule has 136 valence electrons. The summed E-state index contributed by atoms with van der Waals surface area (Å²) in [5.74, 6) is -0.191. The molecule has 25 heavy (non-hydrogen) atoms. The Kier molecular flexibility index (Phi) is 7.92. The lowest BCUT2D eigenvalue weighted by atomic mass is 10.1. The van der Waals surface area contributed by atoms with Gasteiger partial charge in [0.25, 0.3) is 0 Å². The van der Waals surface area contributed by atoms with Gasteiger partial charge in [-0.3, -0.25) is 4.79 Å². The Morgan fingerprint density at radius 2 is 1.92 bits per heavy atom. The van der Waals surface area contributed by atoms with Crippen molar-refractivity contribution >= 4 is 18.1 Å². The van der Waals surface area contributed by atoms with E-state index in [1.54, 1.807) is 38.8 Å². The number of likely N-dealkylation sites (N-methyl/N-ethyl adjacent to an activating group) is 1. The van der Waals surface area contributed by atoms with Gasteiger partial charge in [0.2, 0.25) is 5.91 Å². The number of hydrogen-bond donors (Lipinski definition) is 1. The van der Waals surface area contributed by atoms with E-state index in [1.807, 2.05) is 42.5 Å². The van der Waals surface area contributed by atoms with Crippen LogP contribution in [0.1, 0.15) is 32.8 Å². The molecule has 0 radical (unpaired) electrons. The lowest BCUT2D eigenvalue weighted by molar-refractivity contribution is -0.131. The number of nitrogens with one attached hydrogen (secondary N) is 1. The Morgan fingerprint density at radius 3 is 2.48 bits per heavy atom. The quantitative estimate of drug-likeness (QED) is 0.769. The van der Waals surface area contributed by atoms with Crippen LogP contribution in [0.3, 0.4) is 0 Å². The molecule has 0 bridgehead atoms. The molecule has 0 aliphatic carbocycles. The Hall–Kier alpha value is -2.56. The van der Waals surface area contributed by atoms with E-state index in [2.05, 4.69) is 11.9 Å². The zero-order valence-electron chi connectivity index (χ0n) is 15.5. The van der Waals surface area contributed by atoms with Crippen molar-refractivity contribution in [2.24, 2.45) is 0 Å². The van der Waals surface area contributed by atoms with E-state index in [0.717, 1.165) is 5.56 Å². The first kappa shape index (κ1) is 20.5. The van der Waals surface area contributed by atoms with Crippen LogP contribution in [-0.4, -0.2) is 42.1 Å². The molecule has 0 saturated heterocycles. The highest BCUT2D eigenvalue weighted by Gasteiger charge is 2.25. The summed E-state index contributed by atoms with van der Waals surface area (Å²) in [6, 6.07) is 9.15. The number of ether oxygens (including phenoxy) is 1. The molecule has 0 spiro atoms. The smallest absolute Gasteiger partial charge is 0.408 e. The van der Waals surface area contributed by atoms with E-state index >= 15 is 0 Å². The number of hydrogen-bond acceptors (Lipinski definition) is 3. The van der Waals surface area contributed by atoms with Gasteiger partial charge in [-0.2, -0.15) is 0 Å². The molecular weight excluding hydrogens is 316 g/mol. The molecule has 0 aliphatic rings. The minimum absolute atomic E-state index is 0.191. The summed E-state index contributed by atoms with van der Waals surface area (Å²) in [5.41, 5.74) is 0.453. The molecule has 0 heterocycles. The van der Waals surface area contributed by atoms with Crippen molar-refractivity contribution in [1.29, 1.82) is 0 Å². The molecule has 0 fully saturated rings. The SMILES string of the molecule is C=CC[C@H](NC(=O)OC(C)(C)C)C(=O)N(C)CC=Cc1ccccc1. The predicted molar refractivity (Wildman–Crippen MR) is 101 cm³/mol. The van der Waals surface area contributed by atoms with E-state index in [-0.39, 0.29) is 5.91 Å². The van der Waals surface area contributed by atoms with E-state index in [9.17, 15) is 9.59 Å². The van der Waals surface area contributed by atoms with Crippen LogP contribution in [0.15, 0.2) is 49.1 Å². The second-order valence-electron chi connectivity index (χ2n) is 6.76. The first-order chi connectivity index (χ1) is 11.7. The molecule has 1 rings (SSSR count). The number of amides is 2. The van der Waals surface area contributed by atoms with Gasteiger partial charge in [0.15, 0.2) is 0 Å². The zero-order valence-corrected chi connectivity index (χ0v) is 15.5. The highest BCUT2D eigenvalue weighted by molar-refractivity contribution is 5.86. The van der Waals surface area contributed by atoms with Crippen molar-refractivity contribution in [3.05, 3.63) is 54.6 Å². The fraction of sp³-hybridized carbons (Fsp3) is 0.400. The van der Waals surface area contributed by atoms with Crippen molar-refractivity contribution < 1.29 is 14.3 Å². The summed E-state index contributed by atoms with van der Waals surface area (Å²) in [5, 5.41) is 2.62. The number of alkyl carbamates (subject to hydrolysis) is 1. The first-order valence-corrected chi connectivity index (χ1v) is 8.30. The summed E-state index contributed by atoms with van der Waals surface area (Å²) >= 11 is 0. The summed E-state index contributed by atoms with van der Waals surface area (Å²) < 4.78 is 5.21. The van der Waals surface area contributed by atoms with Crippen molar-refractivity contribution in [3.63, 3.8) is 0 Å². The molecule has 2 amide bonds. The van der Waals surface area contributed by atoms with Gasteiger partial charge in [-0.15, -0.1) is 6.58 Å². The number of carbonyl (C=O) groups excluding carboxylic acids is 2. The van der Waals surface area contributed by atoms with Crippen molar-refractivity contribution in [2.75, 3.05) is 13.6 Å². The third-order valence-corrected chi connectivity index (χ3v) is 3.26. The van der Waals surface area contributed by atoms with Gasteiger partial charge in [-0.25, -0.2) is 4.79 Å². The molecule has 5 nitrogen and oxygen atoms in total. The fourth-order valence-electron chi connectivity index (χ4n) is 2.11. The highest BCUT2D eigenvalue weighted by atomic mass is 16.6. The summed E-state index contributed by atoms with van der Waals surface area (Å²) in [6.07, 6.45) is 5.19. The van der Waals surface area contributed by atoms with Gasteiger partial charge in [-0.05, 0) is 32.8 Å². The topological polar surface area (TPSA) is 58.6 Å². The minimum atomic E-state index is -0.692. The number of benzene rings is 1. The average molecular weight is 344 g/mol. The summed E-state index contributed by atoms with van der Waals surface area (Å²) in [7, 11) is 1.70. The molecule has 0 aliphatic heterocycles. The lowest BCUT2D eigenvalue weighted by Gasteiger charge is -2.25. The maximum absolute atomic E-state index is 12.6. The molecule has 5 heteroatoms. The van der Waals surface area contributed by atoms with Crippen LogP contribution >= 0.6 is 0 Å². The Bertz CT molecular complexity index is 603. The van der Waals surface area contributed by atoms with Gasteiger partial charge in [0.05, 0.1) is 0 Å². The molecular formula is C20H28N2O3. The van der Waals surface area contributed by atoms with Gasteiger partial charge >= 0.3 is 6.09 Å². The molecule has 1 N–H and O–H groups in total. The molecule has 0 unspecified atom stereocenters. The summed E-state index contributed by atoms with van der Waals surface area (Å²) in [6.45, 7) is 9.42. The van der Waals surface area contributed by atoms with Crippen LogP contribution in [0.25, 0.3) is 6.08 Å². The van der Waals surface area contributed by atoms with Crippen LogP contribution < -0.4 is 5.32 Å². The van der Waals surface area contributed by atoms with Crippen molar-refractivity contribution in [3.8, 4) is 0 Å². The highest BCUT2D eigenvalue weighted by Crippen LogP contribution is 2.08. The standard InChI is InChI=1S/C20H28N2O3/c1-6-11-17(21-19(24)25-20(2,3)4)18(23)22(5)15-10-14-16-12-8-7-9-13-16/h6-10,12-14,17H,1,11,15H2,2-5H3,(H,21,24)/t17-/m0/s1. The Balaban J connectivity index is 2.63. The Labute approximate surface area is 150 Å². The second-order valence-corrected chi connectivity index (χ2v) is 6.76. The third-order valence-electron chi connectivity index (χ3n) is 3.26. The fourth-order valence-corrected chi connectivity index (χ4v) is 2.11. The van der Waals surface area contributed by atoms with Crippen molar-refractivity contribution in [2.45, 2.75) is 38.8 Å². The normalized spacial score (nSPS) is 12.5. The van der Waals surface area contributed by atoms with Crippen LogP contribution in [0.4, 0.5) is 4.79 Å². The first-order valence-electron chi connectivity index (χ1n) is 8.30. The molecule has 1 aromatic rings. The van der Waals surface area contributed by atoms with E-state index in [0.29, 0.717) is 13.0 Å². The zero-order chi connectivity index (χ0) is 18.9. The van der Waals surface area contributed by atoms with E-state index in [1.165, 1.54) is 0 Å². The summed E-state index contributed by atoms with van der Waals surface area (Å²) in [4.78, 5) is 26.0. The van der Waals surface area contributed by atoms with Gasteiger partial charge in [0.1, 0.15) is 11.6 Å². The second kappa shape index (κ2) is 9.67. The van der Waals surface area contributed by atoms with E-state index in [4.69, 9.17) is 4.74 Å². The van der Waals surface area contributed by atoms with Crippen LogP contribution in [0.2, 0.25) is 0 Å². The largest absolute Gasteiger partial charge is 0.444 e. The van der Waals surface area contributed by atoms with Crippen LogP contribution in [-0.2, 0) is 9.53 Å².